The van der Waals surface area contributed by atoms with Crippen LogP contribution in [0, 0.1) is 19.7 Å². The van der Waals surface area contributed by atoms with Crippen LogP contribution in [-0.2, 0) is 12.6 Å². The van der Waals surface area contributed by atoms with Crippen molar-refractivity contribution in [3.8, 4) is 17.1 Å². The van der Waals surface area contributed by atoms with E-state index in [-0.39, 0.29) is 5.02 Å². The van der Waals surface area contributed by atoms with Crippen molar-refractivity contribution in [1.29, 1.82) is 0 Å². The summed E-state index contributed by atoms with van der Waals surface area (Å²) in [5, 5.41) is 8.80. The Bertz CT molecular complexity index is 968. The molecule has 0 aliphatic rings. The average molecular weight is 375 g/mol. The van der Waals surface area contributed by atoms with Gasteiger partial charge in [0.05, 0.1) is 10.7 Å². The van der Waals surface area contributed by atoms with Crippen LogP contribution in [0.3, 0.4) is 0 Å². The third kappa shape index (κ3) is 3.42. The van der Waals surface area contributed by atoms with E-state index >= 15 is 0 Å². The monoisotopic (exact) mass is 374 g/mol. The minimum Gasteiger partial charge on any atom is -0.478 e. The molecule has 0 saturated carbocycles. The summed E-state index contributed by atoms with van der Waals surface area (Å²) in [6.07, 6.45) is 0. The zero-order valence-electron chi connectivity index (χ0n) is 15.3. The van der Waals surface area contributed by atoms with Crippen LogP contribution in [0.1, 0.15) is 31.1 Å². The third-order valence-electron chi connectivity index (χ3n) is 4.13. The molecule has 0 N–H and O–H groups in total. The summed E-state index contributed by atoms with van der Waals surface area (Å²) in [4.78, 5) is 4.43. The third-order valence-corrected chi connectivity index (χ3v) is 4.44. The Morgan fingerprint density at radius 2 is 1.85 bits per heavy atom. The molecule has 5 nitrogen and oxygen atoms in total. The van der Waals surface area contributed by atoms with Crippen LogP contribution < -0.4 is 4.74 Å². The standard InChI is InChI=1S/C19H20ClFN4O/c1-11-6-9-16(12(2)22-11)26-19(3,4)18-24-23-17(25(18)5)14-8-7-13(21)10-15(14)20/h6-10H,1-5H3. The second-order valence-corrected chi connectivity index (χ2v) is 7.09. The van der Waals surface area contributed by atoms with Crippen LogP contribution in [0.2, 0.25) is 5.02 Å². The van der Waals surface area contributed by atoms with Gasteiger partial charge in [-0.15, -0.1) is 10.2 Å². The number of aromatic nitrogens is 4. The first-order valence-electron chi connectivity index (χ1n) is 8.17. The molecular weight excluding hydrogens is 355 g/mol. The van der Waals surface area contributed by atoms with Gasteiger partial charge in [0.1, 0.15) is 11.6 Å². The van der Waals surface area contributed by atoms with Gasteiger partial charge in [0, 0.05) is 18.3 Å². The largest absolute Gasteiger partial charge is 0.478 e. The summed E-state index contributed by atoms with van der Waals surface area (Å²) < 4.78 is 21.3. The van der Waals surface area contributed by atoms with Crippen LogP contribution in [0.4, 0.5) is 4.39 Å². The zero-order valence-corrected chi connectivity index (χ0v) is 16.1. The topological polar surface area (TPSA) is 52.8 Å². The molecule has 2 heterocycles. The number of aryl methyl sites for hydroxylation is 2. The predicted octanol–water partition coefficient (Wildman–Crippen LogP) is 4.60. The molecule has 1 aromatic carbocycles. The average Bonchev–Trinajstić information content (AvgIpc) is 2.92. The first-order valence-corrected chi connectivity index (χ1v) is 8.55. The van der Waals surface area contributed by atoms with Gasteiger partial charge in [0.2, 0.25) is 0 Å². The van der Waals surface area contributed by atoms with Crippen molar-refractivity contribution in [3.05, 3.63) is 58.4 Å². The normalized spacial score (nSPS) is 11.7. The maximum absolute atomic E-state index is 13.3. The first kappa shape index (κ1) is 18.3. The Morgan fingerprint density at radius 3 is 2.50 bits per heavy atom. The van der Waals surface area contributed by atoms with Gasteiger partial charge >= 0.3 is 0 Å². The predicted molar refractivity (Wildman–Crippen MR) is 98.8 cm³/mol. The SMILES string of the molecule is Cc1ccc(OC(C)(C)c2nnc(-c3ccc(F)cc3Cl)n2C)c(C)n1. The second kappa shape index (κ2) is 6.68. The van der Waals surface area contributed by atoms with Crippen molar-refractivity contribution in [2.45, 2.75) is 33.3 Å². The highest BCUT2D eigenvalue weighted by molar-refractivity contribution is 6.33. The number of ether oxygens (including phenoxy) is 1. The van der Waals surface area contributed by atoms with E-state index in [1.165, 1.54) is 12.1 Å². The Morgan fingerprint density at radius 1 is 1.12 bits per heavy atom. The molecule has 0 unspecified atom stereocenters. The minimum atomic E-state index is -0.756. The molecule has 3 rings (SSSR count). The second-order valence-electron chi connectivity index (χ2n) is 6.68. The van der Waals surface area contributed by atoms with E-state index in [0.717, 1.165) is 11.4 Å². The molecule has 136 valence electrons. The summed E-state index contributed by atoms with van der Waals surface area (Å²) in [7, 11) is 1.83. The molecule has 0 aliphatic carbocycles. The molecule has 26 heavy (non-hydrogen) atoms. The van der Waals surface area contributed by atoms with Gasteiger partial charge in [-0.05, 0) is 58.0 Å². The summed E-state index contributed by atoms with van der Waals surface area (Å²) in [6, 6.07) is 7.99. The lowest BCUT2D eigenvalue weighted by atomic mass is 10.1. The van der Waals surface area contributed by atoms with Gasteiger partial charge in [0.25, 0.3) is 0 Å². The highest BCUT2D eigenvalue weighted by Gasteiger charge is 2.31. The molecule has 0 fully saturated rings. The molecule has 0 atom stereocenters. The van der Waals surface area contributed by atoms with Crippen LogP contribution in [0.5, 0.6) is 5.75 Å². The Hall–Kier alpha value is -2.47. The number of nitrogens with zero attached hydrogens (tertiary/aromatic N) is 4. The molecule has 7 heteroatoms. The maximum atomic E-state index is 13.3. The fraction of sp³-hybridized carbons (Fsp3) is 0.316. The molecule has 0 amide bonds. The first-order chi connectivity index (χ1) is 12.2. The van der Waals surface area contributed by atoms with E-state index < -0.39 is 11.4 Å². The Balaban J connectivity index is 1.97. The summed E-state index contributed by atoms with van der Waals surface area (Å²) in [5.74, 6) is 1.45. The van der Waals surface area contributed by atoms with Gasteiger partial charge in [-0.1, -0.05) is 11.6 Å². The molecule has 0 spiro atoms. The smallest absolute Gasteiger partial charge is 0.176 e. The lowest BCUT2D eigenvalue weighted by Crippen LogP contribution is -2.29. The van der Waals surface area contributed by atoms with Crippen molar-refractivity contribution in [3.63, 3.8) is 0 Å². The lowest BCUT2D eigenvalue weighted by molar-refractivity contribution is 0.0934. The fourth-order valence-electron chi connectivity index (χ4n) is 2.86. The molecule has 2 aromatic heterocycles. The molecule has 0 bridgehead atoms. The molecule has 0 saturated heterocycles. The molecular formula is C19H20ClFN4O. The van der Waals surface area contributed by atoms with Gasteiger partial charge in [-0.25, -0.2) is 4.39 Å². The van der Waals surface area contributed by atoms with E-state index in [4.69, 9.17) is 16.3 Å². The van der Waals surface area contributed by atoms with Crippen molar-refractivity contribution < 1.29 is 9.13 Å². The number of halogens is 2. The van der Waals surface area contributed by atoms with E-state index in [1.54, 1.807) is 10.6 Å². The van der Waals surface area contributed by atoms with E-state index in [2.05, 4.69) is 15.2 Å². The van der Waals surface area contributed by atoms with Crippen LogP contribution in [0.25, 0.3) is 11.4 Å². The number of pyridine rings is 1. The zero-order chi connectivity index (χ0) is 19.1. The number of benzene rings is 1. The summed E-state index contributed by atoms with van der Waals surface area (Å²) in [5.41, 5.74) is 1.59. The van der Waals surface area contributed by atoms with Gasteiger partial charge < -0.3 is 9.30 Å². The number of hydrogen-bond donors (Lipinski definition) is 0. The van der Waals surface area contributed by atoms with Crippen LogP contribution >= 0.6 is 11.6 Å². The van der Waals surface area contributed by atoms with E-state index in [9.17, 15) is 4.39 Å². The molecule has 3 aromatic rings. The maximum Gasteiger partial charge on any atom is 0.176 e. The fourth-order valence-corrected chi connectivity index (χ4v) is 3.11. The molecule has 0 radical (unpaired) electrons. The summed E-state index contributed by atoms with van der Waals surface area (Å²) in [6.45, 7) is 7.65. The Kier molecular flexibility index (Phi) is 4.71. The van der Waals surface area contributed by atoms with Crippen molar-refractivity contribution in [2.24, 2.45) is 7.05 Å². The number of rotatable bonds is 4. The highest BCUT2D eigenvalue weighted by Crippen LogP contribution is 2.32. The van der Waals surface area contributed by atoms with Gasteiger partial charge in [-0.3, -0.25) is 4.98 Å². The minimum absolute atomic E-state index is 0.282. The molecule has 0 aliphatic heterocycles. The lowest BCUT2D eigenvalue weighted by Gasteiger charge is -2.26. The van der Waals surface area contributed by atoms with Crippen LogP contribution in [0.15, 0.2) is 30.3 Å². The summed E-state index contributed by atoms with van der Waals surface area (Å²) >= 11 is 6.16. The highest BCUT2D eigenvalue weighted by atomic mass is 35.5. The van der Waals surface area contributed by atoms with Crippen molar-refractivity contribution in [2.75, 3.05) is 0 Å². The van der Waals surface area contributed by atoms with Gasteiger partial charge in [-0.2, -0.15) is 0 Å². The number of hydrogen-bond acceptors (Lipinski definition) is 4. The van der Waals surface area contributed by atoms with E-state index in [0.29, 0.717) is 23.0 Å². The Labute approximate surface area is 156 Å². The van der Waals surface area contributed by atoms with Crippen molar-refractivity contribution in [1.82, 2.24) is 19.7 Å². The quantitative estimate of drug-likeness (QED) is 0.669. The van der Waals surface area contributed by atoms with Crippen molar-refractivity contribution >= 4 is 11.6 Å². The van der Waals surface area contributed by atoms with E-state index in [1.807, 2.05) is 46.9 Å². The van der Waals surface area contributed by atoms with Crippen LogP contribution in [-0.4, -0.2) is 19.7 Å². The van der Waals surface area contributed by atoms with Gasteiger partial charge in [0.15, 0.2) is 17.2 Å².